The summed E-state index contributed by atoms with van der Waals surface area (Å²) in [5, 5.41) is 3.38. The largest absolute Gasteiger partial charge is 0.404 e. The van der Waals surface area contributed by atoms with Gasteiger partial charge in [0.2, 0.25) is 5.91 Å². The topological polar surface area (TPSA) is 84.7 Å². The third kappa shape index (κ3) is 7.20. The molecule has 0 heterocycles. The van der Waals surface area contributed by atoms with Crippen molar-refractivity contribution in [2.24, 2.45) is 5.73 Å². The highest BCUT2D eigenvalue weighted by molar-refractivity contribution is 6.30. The van der Waals surface area contributed by atoms with Crippen LogP contribution in [0.15, 0.2) is 96.3 Å². The van der Waals surface area contributed by atoms with Crippen molar-refractivity contribution in [3.63, 3.8) is 0 Å². The van der Waals surface area contributed by atoms with Gasteiger partial charge in [-0.25, -0.2) is 0 Å². The predicted molar refractivity (Wildman–Crippen MR) is 146 cm³/mol. The van der Waals surface area contributed by atoms with Crippen LogP contribution in [0.2, 0.25) is 5.02 Å². The number of carbonyl (C=O) groups excluding carboxylic acids is 2. The fourth-order valence-corrected chi connectivity index (χ4v) is 4.31. The summed E-state index contributed by atoms with van der Waals surface area (Å²) in [7, 11) is 1.60. The van der Waals surface area contributed by atoms with Gasteiger partial charge >= 0.3 is 0 Å². The molecule has 0 aromatic heterocycles. The highest BCUT2D eigenvalue weighted by atomic mass is 35.5. The molecule has 0 spiro atoms. The first-order valence-corrected chi connectivity index (χ1v) is 12.2. The number of anilines is 1. The lowest BCUT2D eigenvalue weighted by Crippen LogP contribution is -2.42. The van der Waals surface area contributed by atoms with Gasteiger partial charge in [0.05, 0.1) is 19.1 Å². The molecule has 0 fully saturated rings. The van der Waals surface area contributed by atoms with Crippen LogP contribution >= 0.6 is 11.6 Å². The number of rotatable bonds is 10. The van der Waals surface area contributed by atoms with Crippen molar-refractivity contribution in [1.29, 1.82) is 0 Å². The first-order chi connectivity index (χ1) is 17.4. The summed E-state index contributed by atoms with van der Waals surface area (Å²) >= 11 is 6.03. The molecular weight excluding hydrogens is 474 g/mol. The van der Waals surface area contributed by atoms with Gasteiger partial charge in [-0.3, -0.25) is 9.59 Å². The average molecular weight is 506 g/mol. The molecule has 2 amide bonds. The second kappa shape index (κ2) is 13.5. The van der Waals surface area contributed by atoms with E-state index >= 15 is 0 Å². The van der Waals surface area contributed by atoms with E-state index in [1.54, 1.807) is 60.7 Å². The Morgan fingerprint density at radius 2 is 1.97 bits per heavy atom. The van der Waals surface area contributed by atoms with Crippen LogP contribution in [0.5, 0.6) is 0 Å². The Morgan fingerprint density at radius 1 is 1.17 bits per heavy atom. The zero-order valence-electron chi connectivity index (χ0n) is 20.6. The van der Waals surface area contributed by atoms with E-state index in [0.29, 0.717) is 41.4 Å². The van der Waals surface area contributed by atoms with Gasteiger partial charge in [-0.1, -0.05) is 66.2 Å². The van der Waals surface area contributed by atoms with Crippen molar-refractivity contribution >= 4 is 29.1 Å². The maximum Gasteiger partial charge on any atom is 0.254 e. The van der Waals surface area contributed by atoms with Crippen LogP contribution in [0.4, 0.5) is 5.69 Å². The van der Waals surface area contributed by atoms with E-state index in [0.717, 1.165) is 11.1 Å². The number of hydrogen-bond acceptors (Lipinski definition) is 4. The van der Waals surface area contributed by atoms with Crippen LogP contribution in [-0.2, 0) is 16.0 Å². The summed E-state index contributed by atoms with van der Waals surface area (Å²) in [5.74, 6) is -0.427. The van der Waals surface area contributed by atoms with Gasteiger partial charge in [-0.2, -0.15) is 0 Å². The summed E-state index contributed by atoms with van der Waals surface area (Å²) in [6.07, 6.45) is 12.3. The van der Waals surface area contributed by atoms with Crippen molar-refractivity contribution in [3.05, 3.63) is 112 Å². The molecule has 0 saturated carbocycles. The minimum Gasteiger partial charge on any atom is -0.404 e. The van der Waals surface area contributed by atoms with Gasteiger partial charge in [0.25, 0.3) is 5.91 Å². The fourth-order valence-electron chi connectivity index (χ4n) is 4.12. The maximum absolute atomic E-state index is 13.9. The summed E-state index contributed by atoms with van der Waals surface area (Å²) in [6.45, 7) is 2.69. The monoisotopic (exact) mass is 505 g/mol. The first-order valence-electron chi connectivity index (χ1n) is 11.8. The quantitative estimate of drug-likeness (QED) is 0.460. The zero-order valence-corrected chi connectivity index (χ0v) is 21.4. The van der Waals surface area contributed by atoms with Gasteiger partial charge < -0.3 is 20.7 Å². The number of nitrogens with two attached hydrogens (primary N) is 1. The van der Waals surface area contributed by atoms with Crippen LogP contribution in [0.3, 0.4) is 0 Å². The van der Waals surface area contributed by atoms with E-state index in [4.69, 9.17) is 22.1 Å². The number of allylic oxidation sites excluding steroid dienone is 5. The molecule has 1 aliphatic rings. The standard InChI is InChI=1S/C29H32ClN3O3/c1-21(27(20-31)22-10-5-3-4-6-11-22)33(16-17-36-2)29(35)26-15-8-7-12-23(26)18-28(34)32-25-14-9-13-24(30)19-25/h3-10,12-15,19-21H,11,16-18,31H2,1-2H3,(H,32,34)/b27-20-. The lowest BCUT2D eigenvalue weighted by atomic mass is 9.95. The maximum atomic E-state index is 13.9. The summed E-state index contributed by atoms with van der Waals surface area (Å²) in [6, 6.07) is 13.8. The molecule has 3 N–H and O–H groups in total. The number of hydrogen-bond donors (Lipinski definition) is 2. The molecule has 0 aliphatic heterocycles. The third-order valence-corrected chi connectivity index (χ3v) is 6.20. The lowest BCUT2D eigenvalue weighted by Gasteiger charge is -2.32. The molecule has 7 heteroatoms. The Balaban J connectivity index is 1.85. The SMILES string of the molecule is COCCN(C(=O)c1ccccc1CC(=O)Nc1cccc(Cl)c1)C(C)/C(=C/N)C1=CC=CC=CC1. The van der Waals surface area contributed by atoms with Crippen molar-refractivity contribution in [2.45, 2.75) is 25.8 Å². The second-order valence-electron chi connectivity index (χ2n) is 8.39. The number of ether oxygens (including phenoxy) is 1. The molecule has 0 saturated heterocycles. The zero-order chi connectivity index (χ0) is 25.9. The Morgan fingerprint density at radius 3 is 2.72 bits per heavy atom. The number of amides is 2. The molecule has 36 heavy (non-hydrogen) atoms. The Hall–Kier alpha value is -3.61. The molecule has 0 radical (unpaired) electrons. The van der Waals surface area contributed by atoms with Crippen molar-refractivity contribution < 1.29 is 14.3 Å². The van der Waals surface area contributed by atoms with Crippen molar-refractivity contribution in [1.82, 2.24) is 4.90 Å². The van der Waals surface area contributed by atoms with Crippen molar-refractivity contribution in [2.75, 3.05) is 25.6 Å². The second-order valence-corrected chi connectivity index (χ2v) is 8.83. The van der Waals surface area contributed by atoms with Crippen molar-refractivity contribution in [3.8, 4) is 0 Å². The minimum absolute atomic E-state index is 0.0429. The van der Waals surface area contributed by atoms with E-state index in [1.165, 1.54) is 0 Å². The lowest BCUT2D eigenvalue weighted by molar-refractivity contribution is -0.115. The number of carbonyl (C=O) groups is 2. The number of nitrogens with zero attached hydrogens (tertiary/aromatic N) is 1. The molecule has 2 aromatic carbocycles. The van der Waals surface area contributed by atoms with Gasteiger partial charge in [0, 0.05) is 29.9 Å². The van der Waals surface area contributed by atoms with E-state index < -0.39 is 0 Å². The molecule has 2 aromatic rings. The molecule has 0 bridgehead atoms. The smallest absolute Gasteiger partial charge is 0.254 e. The molecule has 6 nitrogen and oxygen atoms in total. The van der Waals surface area contributed by atoms with Crippen LogP contribution in [-0.4, -0.2) is 43.0 Å². The van der Waals surface area contributed by atoms with Gasteiger partial charge in [-0.05, 0) is 60.5 Å². The number of benzene rings is 2. The highest BCUT2D eigenvalue weighted by Gasteiger charge is 2.27. The first kappa shape index (κ1) is 27.0. The summed E-state index contributed by atoms with van der Waals surface area (Å²) in [4.78, 5) is 28.4. The Labute approximate surface area is 217 Å². The molecule has 3 rings (SSSR count). The van der Waals surface area contributed by atoms with Gasteiger partial charge in [-0.15, -0.1) is 0 Å². The van der Waals surface area contributed by atoms with Crippen LogP contribution < -0.4 is 11.1 Å². The molecular formula is C29H32ClN3O3. The molecule has 1 unspecified atom stereocenters. The summed E-state index contributed by atoms with van der Waals surface area (Å²) < 4.78 is 5.30. The van der Waals surface area contributed by atoms with Crippen LogP contribution in [0.1, 0.15) is 29.3 Å². The van der Waals surface area contributed by atoms with E-state index in [9.17, 15) is 9.59 Å². The van der Waals surface area contributed by atoms with Crippen LogP contribution in [0, 0.1) is 0 Å². The Kier molecular flexibility index (Phi) is 10.1. The van der Waals surface area contributed by atoms with Gasteiger partial charge in [0.15, 0.2) is 0 Å². The van der Waals surface area contributed by atoms with E-state index in [2.05, 4.69) is 11.4 Å². The molecule has 1 aliphatic carbocycles. The average Bonchev–Trinajstić information content (AvgIpc) is 3.14. The predicted octanol–water partition coefficient (Wildman–Crippen LogP) is 5.28. The number of nitrogens with one attached hydrogen (secondary N) is 1. The van der Waals surface area contributed by atoms with E-state index in [-0.39, 0.29) is 24.3 Å². The third-order valence-electron chi connectivity index (χ3n) is 5.97. The molecule has 1 atom stereocenters. The number of methoxy groups -OCH3 is 1. The fraction of sp³-hybridized carbons (Fsp3) is 0.241. The van der Waals surface area contributed by atoms with Gasteiger partial charge in [0.1, 0.15) is 0 Å². The highest BCUT2D eigenvalue weighted by Crippen LogP contribution is 2.25. The van der Waals surface area contributed by atoms with Crippen LogP contribution in [0.25, 0.3) is 0 Å². The summed E-state index contributed by atoms with van der Waals surface area (Å²) in [5.41, 5.74) is 9.67. The Bertz CT molecular complexity index is 1200. The number of halogens is 1. The van der Waals surface area contributed by atoms with E-state index in [1.807, 2.05) is 37.3 Å². The normalized spacial score (nSPS) is 14.1. The minimum atomic E-state index is -0.308. The molecule has 188 valence electrons.